The van der Waals surface area contributed by atoms with Crippen molar-refractivity contribution < 1.29 is 14.3 Å². The summed E-state index contributed by atoms with van der Waals surface area (Å²) in [5.41, 5.74) is 0.988. The van der Waals surface area contributed by atoms with E-state index in [1.165, 1.54) is 6.26 Å². The van der Waals surface area contributed by atoms with Crippen LogP contribution < -0.4 is 0 Å². The van der Waals surface area contributed by atoms with Crippen molar-refractivity contribution in [1.82, 2.24) is 0 Å². The molecule has 92 valence electrons. The van der Waals surface area contributed by atoms with Crippen LogP contribution in [0.15, 0.2) is 59.2 Å². The Balaban J connectivity index is 1.91. The average Bonchev–Trinajstić information content (AvgIpc) is 2.91. The lowest BCUT2D eigenvalue weighted by molar-refractivity contribution is 0.0896. The van der Waals surface area contributed by atoms with Crippen molar-refractivity contribution in [3.8, 4) is 0 Å². The maximum atomic E-state index is 11.6. The monoisotopic (exact) mass is 242 g/mol. The molecule has 0 saturated carbocycles. The van der Waals surface area contributed by atoms with Gasteiger partial charge in [-0.3, -0.25) is 4.79 Å². The van der Waals surface area contributed by atoms with Gasteiger partial charge in [0.05, 0.1) is 12.4 Å². The van der Waals surface area contributed by atoms with Crippen LogP contribution in [0.2, 0.25) is 0 Å². The number of hydrogen-bond acceptors (Lipinski definition) is 3. The van der Waals surface area contributed by atoms with Crippen LogP contribution in [0.4, 0.5) is 0 Å². The molecular formula is C15H14O3. The first-order valence-corrected chi connectivity index (χ1v) is 5.74. The normalized spacial score (nSPS) is 12.7. The zero-order valence-corrected chi connectivity index (χ0v) is 9.82. The fourth-order valence-corrected chi connectivity index (χ4v) is 1.58. The van der Waals surface area contributed by atoms with Crippen LogP contribution in [0.25, 0.3) is 6.08 Å². The van der Waals surface area contributed by atoms with Gasteiger partial charge in [-0.15, -0.1) is 0 Å². The highest BCUT2D eigenvalue weighted by atomic mass is 16.3. The van der Waals surface area contributed by atoms with Crippen molar-refractivity contribution in [2.45, 2.75) is 12.5 Å². The topological polar surface area (TPSA) is 50.4 Å². The fraction of sp³-hybridized carbons (Fsp3) is 0.133. The average molecular weight is 242 g/mol. The molecule has 2 aromatic rings. The molecule has 0 amide bonds. The number of aliphatic hydroxyl groups is 1. The van der Waals surface area contributed by atoms with Crippen LogP contribution in [0.5, 0.6) is 0 Å². The predicted octanol–water partition coefficient (Wildman–Crippen LogP) is 2.93. The highest BCUT2D eigenvalue weighted by Gasteiger charge is 2.12. The lowest BCUT2D eigenvalue weighted by atomic mass is 10.1. The first-order valence-electron chi connectivity index (χ1n) is 5.74. The second-order valence-electron chi connectivity index (χ2n) is 3.94. The second-order valence-corrected chi connectivity index (χ2v) is 3.94. The van der Waals surface area contributed by atoms with E-state index in [1.807, 2.05) is 30.3 Å². The van der Waals surface area contributed by atoms with E-state index in [2.05, 4.69) is 0 Å². The number of ketones is 1. The molecule has 3 nitrogen and oxygen atoms in total. The van der Waals surface area contributed by atoms with Crippen LogP contribution in [0.3, 0.4) is 0 Å². The van der Waals surface area contributed by atoms with E-state index in [0.717, 1.165) is 5.56 Å². The molecule has 18 heavy (non-hydrogen) atoms. The molecule has 0 unspecified atom stereocenters. The summed E-state index contributed by atoms with van der Waals surface area (Å²) in [6.07, 6.45) is 4.06. The van der Waals surface area contributed by atoms with Crippen LogP contribution in [0.1, 0.15) is 22.5 Å². The minimum atomic E-state index is -0.803. The summed E-state index contributed by atoms with van der Waals surface area (Å²) in [5.74, 6) is 0.0763. The second kappa shape index (κ2) is 5.98. The summed E-state index contributed by atoms with van der Waals surface area (Å²) >= 11 is 0. The van der Waals surface area contributed by atoms with E-state index in [0.29, 0.717) is 0 Å². The van der Waals surface area contributed by atoms with E-state index in [1.54, 1.807) is 24.3 Å². The minimum absolute atomic E-state index is 0.0246. The van der Waals surface area contributed by atoms with E-state index in [9.17, 15) is 9.90 Å². The predicted molar refractivity (Wildman–Crippen MR) is 69.1 cm³/mol. The summed E-state index contributed by atoms with van der Waals surface area (Å²) in [6.45, 7) is 0. The number of carbonyl (C=O) groups excluding carboxylic acids is 1. The summed E-state index contributed by atoms with van der Waals surface area (Å²) < 4.78 is 4.97. The molecule has 0 aliphatic carbocycles. The molecule has 3 heteroatoms. The number of carbonyl (C=O) groups is 1. The van der Waals surface area contributed by atoms with Gasteiger partial charge in [0, 0.05) is 6.42 Å². The van der Waals surface area contributed by atoms with Crippen molar-refractivity contribution >= 4 is 11.9 Å². The Labute approximate surface area is 105 Å². The molecule has 1 heterocycles. The first kappa shape index (κ1) is 12.3. The Morgan fingerprint density at radius 2 is 2.00 bits per heavy atom. The van der Waals surface area contributed by atoms with Crippen LogP contribution in [-0.4, -0.2) is 17.0 Å². The highest BCUT2D eigenvalue weighted by molar-refractivity contribution is 5.93. The highest BCUT2D eigenvalue weighted by Crippen LogP contribution is 2.09. The first-order chi connectivity index (χ1) is 8.75. The molecule has 0 saturated heterocycles. The third kappa shape index (κ3) is 3.43. The van der Waals surface area contributed by atoms with Gasteiger partial charge in [0.1, 0.15) is 0 Å². The van der Waals surface area contributed by atoms with Crippen LogP contribution in [-0.2, 0) is 0 Å². The minimum Gasteiger partial charge on any atom is -0.461 e. The Kier molecular flexibility index (Phi) is 4.10. The van der Waals surface area contributed by atoms with E-state index in [4.69, 9.17) is 4.42 Å². The summed E-state index contributed by atoms with van der Waals surface area (Å²) in [5, 5.41) is 9.73. The molecule has 1 atom stereocenters. The zero-order chi connectivity index (χ0) is 12.8. The van der Waals surface area contributed by atoms with Gasteiger partial charge in [0.25, 0.3) is 0 Å². The van der Waals surface area contributed by atoms with Crippen molar-refractivity contribution in [3.05, 3.63) is 66.1 Å². The third-order valence-corrected chi connectivity index (χ3v) is 2.50. The molecule has 1 aromatic heterocycles. The molecule has 0 aliphatic heterocycles. The van der Waals surface area contributed by atoms with Gasteiger partial charge in [-0.1, -0.05) is 42.5 Å². The van der Waals surface area contributed by atoms with E-state index < -0.39 is 6.10 Å². The molecular weight excluding hydrogens is 228 g/mol. The van der Waals surface area contributed by atoms with Crippen LogP contribution >= 0.6 is 0 Å². The molecule has 0 spiro atoms. The number of furan rings is 1. The van der Waals surface area contributed by atoms with Gasteiger partial charge >= 0.3 is 0 Å². The van der Waals surface area contributed by atoms with Crippen molar-refractivity contribution in [3.63, 3.8) is 0 Å². The lowest BCUT2D eigenvalue weighted by Gasteiger charge is -2.02. The van der Waals surface area contributed by atoms with E-state index in [-0.39, 0.29) is 18.0 Å². The molecule has 1 N–H and O–H groups in total. The van der Waals surface area contributed by atoms with Gasteiger partial charge < -0.3 is 9.52 Å². The van der Waals surface area contributed by atoms with Crippen molar-refractivity contribution in [2.75, 3.05) is 0 Å². The lowest BCUT2D eigenvalue weighted by Crippen LogP contribution is -2.10. The maximum absolute atomic E-state index is 11.6. The molecule has 0 bridgehead atoms. The zero-order valence-electron chi connectivity index (χ0n) is 9.82. The third-order valence-electron chi connectivity index (χ3n) is 2.50. The summed E-state index contributed by atoms with van der Waals surface area (Å²) in [4.78, 5) is 11.6. The van der Waals surface area contributed by atoms with Gasteiger partial charge in [-0.25, -0.2) is 0 Å². The summed E-state index contributed by atoms with van der Waals surface area (Å²) in [7, 11) is 0. The van der Waals surface area contributed by atoms with Gasteiger partial charge in [-0.05, 0) is 17.7 Å². The Morgan fingerprint density at radius 1 is 1.22 bits per heavy atom. The van der Waals surface area contributed by atoms with Crippen molar-refractivity contribution in [2.24, 2.45) is 0 Å². The van der Waals surface area contributed by atoms with E-state index >= 15 is 0 Å². The van der Waals surface area contributed by atoms with Gasteiger partial charge in [-0.2, -0.15) is 0 Å². The van der Waals surface area contributed by atoms with Crippen LogP contribution in [0, 0.1) is 0 Å². The molecule has 2 rings (SSSR count). The standard InChI is InChI=1S/C15H14O3/c16-13(9-8-12-5-2-1-3-6-12)11-14(17)15-7-4-10-18-15/h1-10,13,16H,11H2/b9-8+/t13-/m1/s1. The Bertz CT molecular complexity index is 512. The Morgan fingerprint density at radius 3 is 2.67 bits per heavy atom. The number of Topliss-reactive ketones (excluding diaryl/α,β-unsaturated/α-hetero) is 1. The molecule has 0 fully saturated rings. The van der Waals surface area contributed by atoms with Gasteiger partial charge in [0.15, 0.2) is 5.76 Å². The quantitative estimate of drug-likeness (QED) is 0.820. The number of rotatable bonds is 5. The fourth-order valence-electron chi connectivity index (χ4n) is 1.58. The smallest absolute Gasteiger partial charge is 0.200 e. The molecule has 1 aromatic carbocycles. The largest absolute Gasteiger partial charge is 0.461 e. The Hall–Kier alpha value is -2.13. The number of aliphatic hydroxyl groups excluding tert-OH is 1. The molecule has 0 aliphatic rings. The molecule has 0 radical (unpaired) electrons. The van der Waals surface area contributed by atoms with Crippen molar-refractivity contribution in [1.29, 1.82) is 0 Å². The number of hydrogen-bond donors (Lipinski definition) is 1. The maximum Gasteiger partial charge on any atom is 0.200 e. The van der Waals surface area contributed by atoms with Gasteiger partial charge in [0.2, 0.25) is 5.78 Å². The summed E-state index contributed by atoms with van der Waals surface area (Å²) in [6, 6.07) is 12.9. The number of benzene rings is 1. The SMILES string of the molecule is O=C(C[C@H](O)/C=C/c1ccccc1)c1ccco1.